The molecule has 0 unspecified atom stereocenters. The van der Waals surface area contributed by atoms with E-state index >= 15 is 0 Å². The van der Waals surface area contributed by atoms with Crippen molar-refractivity contribution in [1.82, 2.24) is 4.90 Å². The van der Waals surface area contributed by atoms with E-state index in [0.717, 1.165) is 26.2 Å². The first-order chi connectivity index (χ1) is 15.9. The van der Waals surface area contributed by atoms with Crippen LogP contribution in [0.2, 0.25) is 0 Å². The maximum absolute atomic E-state index is 3.80. The van der Waals surface area contributed by atoms with Gasteiger partial charge in [0.2, 0.25) is 0 Å². The second-order valence-corrected chi connectivity index (χ2v) is 11.4. The zero-order chi connectivity index (χ0) is 25.6. The topological polar surface area (TPSA) is 27.3 Å². The zero-order valence-electron chi connectivity index (χ0n) is 24.2. The number of anilines is 2. The van der Waals surface area contributed by atoms with Crippen molar-refractivity contribution in [1.29, 1.82) is 0 Å². The second-order valence-electron chi connectivity index (χ2n) is 11.4. The smallest absolute Gasteiger partial charge is 0.0411 e. The van der Waals surface area contributed by atoms with Gasteiger partial charge < -0.3 is 15.5 Å². The number of aryl methyl sites for hydroxylation is 2. The predicted octanol–water partition coefficient (Wildman–Crippen LogP) is 8.25. The van der Waals surface area contributed by atoms with Crippen LogP contribution in [0.3, 0.4) is 0 Å². The Balaban J connectivity index is 0.00000612. The minimum atomic E-state index is 0. The molecule has 0 aliphatic carbocycles. The number of likely N-dealkylation sites (N-methyl/N-ethyl adjacent to an activating group) is 1. The van der Waals surface area contributed by atoms with E-state index in [1.165, 1.54) is 44.8 Å². The van der Waals surface area contributed by atoms with Crippen LogP contribution in [-0.2, 0) is 16.8 Å². The van der Waals surface area contributed by atoms with Crippen LogP contribution < -0.4 is 10.6 Å². The molecule has 0 aliphatic rings. The Bertz CT molecular complexity index is 797. The molecule has 0 saturated carbocycles. The van der Waals surface area contributed by atoms with E-state index in [-0.39, 0.29) is 16.8 Å². The molecule has 2 rings (SSSR count). The van der Waals surface area contributed by atoms with Crippen molar-refractivity contribution < 1.29 is 16.8 Å². The van der Waals surface area contributed by atoms with Crippen LogP contribution in [0, 0.1) is 13.8 Å². The van der Waals surface area contributed by atoms with Crippen LogP contribution in [0.15, 0.2) is 24.3 Å². The van der Waals surface area contributed by atoms with E-state index in [4.69, 9.17) is 0 Å². The summed E-state index contributed by atoms with van der Waals surface area (Å²) >= 11 is 0. The number of nitrogens with one attached hydrogen (secondary N) is 2. The average Bonchev–Trinajstić information content (AvgIpc) is 2.74. The predicted molar refractivity (Wildman–Crippen MR) is 153 cm³/mol. The van der Waals surface area contributed by atoms with Crippen molar-refractivity contribution >= 4 is 11.4 Å². The van der Waals surface area contributed by atoms with E-state index in [2.05, 4.69) is 116 Å². The second kappa shape index (κ2) is 14.3. The molecule has 0 aliphatic heterocycles. The molecule has 2 aromatic rings. The van der Waals surface area contributed by atoms with Gasteiger partial charge >= 0.3 is 0 Å². The Kier molecular flexibility index (Phi) is 12.9. The molecule has 1 radical (unpaired) electrons. The Morgan fingerprint density at radius 1 is 0.571 bits per heavy atom. The first-order valence-corrected chi connectivity index (χ1v) is 13.4. The van der Waals surface area contributed by atoms with Crippen molar-refractivity contribution in [3.8, 4) is 0 Å². The quantitative estimate of drug-likeness (QED) is 0.293. The van der Waals surface area contributed by atoms with Gasteiger partial charge in [-0.2, -0.15) is 0 Å². The van der Waals surface area contributed by atoms with Crippen molar-refractivity contribution in [3.05, 3.63) is 57.6 Å². The SMILES string of the molecule is Cc1cc(C(C)C)c(NCCN(C)CCNc2c(C(C)C)cc(C)cc2C(C)C)c(C(C)C)c1.[Co]. The molecule has 0 atom stereocenters. The molecule has 0 fully saturated rings. The first-order valence-electron chi connectivity index (χ1n) is 13.4. The van der Waals surface area contributed by atoms with Crippen molar-refractivity contribution in [2.24, 2.45) is 0 Å². The number of hydrogen-bond acceptors (Lipinski definition) is 3. The molecule has 35 heavy (non-hydrogen) atoms. The summed E-state index contributed by atoms with van der Waals surface area (Å²) in [5.41, 5.74) is 11.2. The molecule has 199 valence electrons. The van der Waals surface area contributed by atoms with E-state index in [1.807, 2.05) is 0 Å². The molecule has 0 aromatic heterocycles. The van der Waals surface area contributed by atoms with Crippen LogP contribution in [0.4, 0.5) is 11.4 Å². The fourth-order valence-electron chi connectivity index (χ4n) is 4.77. The van der Waals surface area contributed by atoms with E-state index in [9.17, 15) is 0 Å². The molecule has 4 heteroatoms. The number of nitrogens with zero attached hydrogens (tertiary/aromatic N) is 1. The van der Waals surface area contributed by atoms with Gasteiger partial charge in [-0.25, -0.2) is 0 Å². The molecule has 3 nitrogen and oxygen atoms in total. The van der Waals surface area contributed by atoms with Gasteiger partial charge in [-0.15, -0.1) is 0 Å². The third-order valence-electron chi connectivity index (χ3n) is 6.77. The Morgan fingerprint density at radius 2 is 0.829 bits per heavy atom. The Labute approximate surface area is 227 Å². The maximum Gasteiger partial charge on any atom is 0.0411 e. The van der Waals surface area contributed by atoms with Gasteiger partial charge in [0.15, 0.2) is 0 Å². The van der Waals surface area contributed by atoms with E-state index < -0.39 is 0 Å². The van der Waals surface area contributed by atoms with Crippen molar-refractivity contribution in [2.45, 2.75) is 92.9 Å². The van der Waals surface area contributed by atoms with Gasteiger partial charge in [-0.3, -0.25) is 0 Å². The van der Waals surface area contributed by atoms with Crippen LogP contribution >= 0.6 is 0 Å². The molecule has 0 spiro atoms. The van der Waals surface area contributed by atoms with Gasteiger partial charge in [-0.1, -0.05) is 90.8 Å². The van der Waals surface area contributed by atoms with Gasteiger partial charge in [0.05, 0.1) is 0 Å². The summed E-state index contributed by atoms with van der Waals surface area (Å²) in [6, 6.07) is 9.42. The third-order valence-corrected chi connectivity index (χ3v) is 6.77. The van der Waals surface area contributed by atoms with E-state index in [0.29, 0.717) is 23.7 Å². The standard InChI is InChI=1S/C31H51N3.Co/c1-20(2)26-16-24(9)17-27(21(3)4)30(26)32-12-14-34(11)15-13-33-31-28(22(5)6)18-25(10)19-29(31)23(7)8;/h16-23,32-33H,12-15H2,1-11H3;. The molecular weight excluding hydrogens is 473 g/mol. The molecule has 2 aromatic carbocycles. The number of rotatable bonds is 12. The minimum absolute atomic E-state index is 0. The molecule has 0 saturated heterocycles. The summed E-state index contributed by atoms with van der Waals surface area (Å²) in [6.45, 7) is 26.7. The van der Waals surface area contributed by atoms with Crippen LogP contribution in [0.1, 0.15) is 112 Å². The summed E-state index contributed by atoms with van der Waals surface area (Å²) in [4.78, 5) is 2.43. The zero-order valence-corrected chi connectivity index (χ0v) is 25.3. The van der Waals surface area contributed by atoms with Gasteiger partial charge in [0, 0.05) is 54.3 Å². The minimum Gasteiger partial charge on any atom is -0.383 e. The monoisotopic (exact) mass is 524 g/mol. The maximum atomic E-state index is 3.80. The summed E-state index contributed by atoms with van der Waals surface area (Å²) in [7, 11) is 2.23. The summed E-state index contributed by atoms with van der Waals surface area (Å²) in [6.07, 6.45) is 0. The normalized spacial score (nSPS) is 11.7. The molecule has 0 amide bonds. The van der Waals surface area contributed by atoms with Gasteiger partial charge in [-0.05, 0) is 66.8 Å². The van der Waals surface area contributed by atoms with Gasteiger partial charge in [0.25, 0.3) is 0 Å². The third kappa shape index (κ3) is 8.84. The molecular formula is C31H51CoN3. The molecule has 0 heterocycles. The summed E-state index contributed by atoms with van der Waals surface area (Å²) in [5, 5.41) is 7.61. The first kappa shape index (κ1) is 31.5. The number of benzene rings is 2. The van der Waals surface area contributed by atoms with Crippen molar-refractivity contribution in [2.75, 3.05) is 43.9 Å². The average molecular weight is 525 g/mol. The summed E-state index contributed by atoms with van der Waals surface area (Å²) < 4.78 is 0. The van der Waals surface area contributed by atoms with Crippen molar-refractivity contribution in [3.63, 3.8) is 0 Å². The molecule has 2 N–H and O–H groups in total. The molecule has 0 bridgehead atoms. The Morgan fingerprint density at radius 3 is 1.06 bits per heavy atom. The van der Waals surface area contributed by atoms with Crippen LogP contribution in [0.25, 0.3) is 0 Å². The van der Waals surface area contributed by atoms with Gasteiger partial charge in [0.1, 0.15) is 0 Å². The summed E-state index contributed by atoms with van der Waals surface area (Å²) in [5.74, 6) is 2.06. The fraction of sp³-hybridized carbons (Fsp3) is 0.613. The van der Waals surface area contributed by atoms with Crippen LogP contribution in [0.5, 0.6) is 0 Å². The largest absolute Gasteiger partial charge is 0.383 e. The van der Waals surface area contributed by atoms with E-state index in [1.54, 1.807) is 0 Å². The van der Waals surface area contributed by atoms with Crippen LogP contribution in [-0.4, -0.2) is 38.1 Å². The number of hydrogen-bond donors (Lipinski definition) is 2. The fourth-order valence-corrected chi connectivity index (χ4v) is 4.77. The Hall–Kier alpha value is -1.49.